The second-order valence-electron chi connectivity index (χ2n) is 3.43. The second-order valence-corrected chi connectivity index (χ2v) is 3.43. The maximum Gasteiger partial charge on any atom is 0.225 e. The summed E-state index contributed by atoms with van der Waals surface area (Å²) in [5.41, 5.74) is 6.08. The summed E-state index contributed by atoms with van der Waals surface area (Å²) in [6.07, 6.45) is 1.00. The number of hydrogen-bond donors (Lipinski definition) is 2. The number of amides is 1. The Balaban J connectivity index is 2.51. The van der Waals surface area contributed by atoms with E-state index in [4.69, 9.17) is 5.73 Å². The molecule has 0 saturated carbocycles. The molecule has 1 rings (SSSR count). The van der Waals surface area contributed by atoms with Crippen molar-refractivity contribution in [3.8, 4) is 0 Å². The summed E-state index contributed by atoms with van der Waals surface area (Å²) in [5, 5.41) is 2.59. The molecule has 1 amide bonds. The van der Waals surface area contributed by atoms with Crippen LogP contribution >= 0.6 is 0 Å². The molecule has 0 bridgehead atoms. The van der Waals surface area contributed by atoms with Crippen LogP contribution in [0.4, 0.5) is 10.1 Å². The molecule has 3 N–H and O–H groups in total. The number of anilines is 1. The van der Waals surface area contributed by atoms with Gasteiger partial charge in [0, 0.05) is 18.2 Å². The highest BCUT2D eigenvalue weighted by Gasteiger charge is 2.07. The Hall–Kier alpha value is -1.42. The van der Waals surface area contributed by atoms with E-state index in [-0.39, 0.29) is 24.2 Å². The summed E-state index contributed by atoms with van der Waals surface area (Å²) in [7, 11) is 0. The Kier molecular flexibility index (Phi) is 4.24. The Morgan fingerprint density at radius 1 is 1.60 bits per heavy atom. The molecule has 1 unspecified atom stereocenters. The molecule has 1 aromatic rings. The number of rotatable bonds is 4. The molecule has 0 aromatic heterocycles. The summed E-state index contributed by atoms with van der Waals surface area (Å²) >= 11 is 0. The third kappa shape index (κ3) is 4.08. The topological polar surface area (TPSA) is 55.1 Å². The van der Waals surface area contributed by atoms with Crippen molar-refractivity contribution < 1.29 is 9.18 Å². The Bertz CT molecular complexity index is 341. The van der Waals surface area contributed by atoms with Gasteiger partial charge >= 0.3 is 0 Å². The van der Waals surface area contributed by atoms with Crippen molar-refractivity contribution in [1.82, 2.24) is 0 Å². The van der Waals surface area contributed by atoms with Crippen molar-refractivity contribution in [2.75, 3.05) is 5.32 Å². The smallest absolute Gasteiger partial charge is 0.225 e. The zero-order valence-electron chi connectivity index (χ0n) is 8.66. The number of hydrogen-bond acceptors (Lipinski definition) is 2. The molecular weight excluding hydrogens is 195 g/mol. The fourth-order valence-corrected chi connectivity index (χ4v) is 1.16. The van der Waals surface area contributed by atoms with Crippen molar-refractivity contribution in [2.45, 2.75) is 25.8 Å². The van der Waals surface area contributed by atoms with Crippen molar-refractivity contribution in [1.29, 1.82) is 0 Å². The lowest BCUT2D eigenvalue weighted by molar-refractivity contribution is -0.116. The monoisotopic (exact) mass is 210 g/mol. The fraction of sp³-hybridized carbons (Fsp3) is 0.364. The van der Waals surface area contributed by atoms with Crippen LogP contribution in [-0.4, -0.2) is 11.9 Å². The van der Waals surface area contributed by atoms with E-state index < -0.39 is 0 Å². The third-order valence-corrected chi connectivity index (χ3v) is 2.08. The summed E-state index contributed by atoms with van der Waals surface area (Å²) in [4.78, 5) is 11.4. The first-order valence-corrected chi connectivity index (χ1v) is 4.92. The highest BCUT2D eigenvalue weighted by Crippen LogP contribution is 2.09. The average Bonchev–Trinajstić information content (AvgIpc) is 2.17. The van der Waals surface area contributed by atoms with E-state index in [1.165, 1.54) is 12.1 Å². The molecule has 1 atom stereocenters. The van der Waals surface area contributed by atoms with Gasteiger partial charge in [0.25, 0.3) is 0 Å². The van der Waals surface area contributed by atoms with Gasteiger partial charge in [-0.1, -0.05) is 13.0 Å². The highest BCUT2D eigenvalue weighted by molar-refractivity contribution is 5.91. The summed E-state index contributed by atoms with van der Waals surface area (Å²) in [6.45, 7) is 1.92. The van der Waals surface area contributed by atoms with E-state index in [1.54, 1.807) is 12.1 Å². The first kappa shape index (κ1) is 11.7. The molecule has 0 spiro atoms. The van der Waals surface area contributed by atoms with Crippen LogP contribution in [0, 0.1) is 5.82 Å². The minimum Gasteiger partial charge on any atom is -0.327 e. The molecule has 3 nitrogen and oxygen atoms in total. The lowest BCUT2D eigenvalue weighted by atomic mass is 10.1. The van der Waals surface area contributed by atoms with E-state index in [0.29, 0.717) is 5.69 Å². The summed E-state index contributed by atoms with van der Waals surface area (Å²) in [5.74, 6) is -0.553. The number of benzene rings is 1. The lowest BCUT2D eigenvalue weighted by Gasteiger charge is -2.09. The first-order valence-electron chi connectivity index (χ1n) is 4.92. The van der Waals surface area contributed by atoms with Crippen LogP contribution < -0.4 is 11.1 Å². The molecule has 82 valence electrons. The van der Waals surface area contributed by atoms with Gasteiger partial charge in [-0.25, -0.2) is 4.39 Å². The normalized spacial score (nSPS) is 12.2. The lowest BCUT2D eigenvalue weighted by Crippen LogP contribution is -2.26. The van der Waals surface area contributed by atoms with Gasteiger partial charge in [0.2, 0.25) is 5.91 Å². The van der Waals surface area contributed by atoms with Crippen LogP contribution in [0.15, 0.2) is 24.3 Å². The van der Waals surface area contributed by atoms with Gasteiger partial charge in [-0.3, -0.25) is 4.79 Å². The van der Waals surface area contributed by atoms with Crippen molar-refractivity contribution in [3.05, 3.63) is 30.1 Å². The van der Waals surface area contributed by atoms with Gasteiger partial charge in [-0.15, -0.1) is 0 Å². The molecule has 0 heterocycles. The Morgan fingerprint density at radius 3 is 2.93 bits per heavy atom. The van der Waals surface area contributed by atoms with Crippen LogP contribution in [0.3, 0.4) is 0 Å². The molecule has 0 aliphatic rings. The average molecular weight is 210 g/mol. The number of carbonyl (C=O) groups excluding carboxylic acids is 1. The van der Waals surface area contributed by atoms with E-state index in [2.05, 4.69) is 5.32 Å². The largest absolute Gasteiger partial charge is 0.327 e. The molecule has 0 radical (unpaired) electrons. The van der Waals surface area contributed by atoms with Gasteiger partial charge in [0.15, 0.2) is 0 Å². The zero-order valence-corrected chi connectivity index (χ0v) is 8.66. The third-order valence-electron chi connectivity index (χ3n) is 2.08. The number of halogens is 1. The fourth-order valence-electron chi connectivity index (χ4n) is 1.16. The highest BCUT2D eigenvalue weighted by atomic mass is 19.1. The van der Waals surface area contributed by atoms with Crippen molar-refractivity contribution >= 4 is 11.6 Å². The first-order chi connectivity index (χ1) is 7.11. The van der Waals surface area contributed by atoms with Crippen LogP contribution in [0.25, 0.3) is 0 Å². The van der Waals surface area contributed by atoms with E-state index >= 15 is 0 Å². The molecule has 15 heavy (non-hydrogen) atoms. The van der Waals surface area contributed by atoms with E-state index in [1.807, 2.05) is 6.92 Å². The maximum absolute atomic E-state index is 12.8. The quantitative estimate of drug-likeness (QED) is 0.797. The molecule has 0 aliphatic heterocycles. The van der Waals surface area contributed by atoms with Crippen molar-refractivity contribution in [3.63, 3.8) is 0 Å². The van der Waals surface area contributed by atoms with E-state index in [9.17, 15) is 9.18 Å². The molecule has 1 aromatic carbocycles. The molecule has 0 saturated heterocycles. The van der Waals surface area contributed by atoms with Gasteiger partial charge in [0.05, 0.1) is 0 Å². The second kappa shape index (κ2) is 5.46. The molecule has 4 heteroatoms. The Morgan fingerprint density at radius 2 is 2.33 bits per heavy atom. The SMILES string of the molecule is CCC(N)CC(=O)Nc1cccc(F)c1. The van der Waals surface area contributed by atoms with Crippen LogP contribution in [0.1, 0.15) is 19.8 Å². The van der Waals surface area contributed by atoms with Crippen LogP contribution in [-0.2, 0) is 4.79 Å². The number of nitrogens with two attached hydrogens (primary N) is 1. The summed E-state index contributed by atoms with van der Waals surface area (Å²) in [6, 6.07) is 5.64. The zero-order chi connectivity index (χ0) is 11.3. The van der Waals surface area contributed by atoms with Gasteiger partial charge in [0.1, 0.15) is 5.82 Å². The molecule has 0 fully saturated rings. The van der Waals surface area contributed by atoms with Gasteiger partial charge < -0.3 is 11.1 Å². The Labute approximate surface area is 88.5 Å². The summed E-state index contributed by atoms with van der Waals surface area (Å²) < 4.78 is 12.8. The standard InChI is InChI=1S/C11H15FN2O/c1-2-9(13)7-11(15)14-10-5-3-4-8(12)6-10/h3-6,9H,2,7,13H2,1H3,(H,14,15). The van der Waals surface area contributed by atoms with Crippen molar-refractivity contribution in [2.24, 2.45) is 5.73 Å². The van der Waals surface area contributed by atoms with Crippen LogP contribution in [0.5, 0.6) is 0 Å². The minimum atomic E-state index is -0.368. The predicted octanol–water partition coefficient (Wildman–Crippen LogP) is 1.89. The molecular formula is C11H15FN2O. The molecule has 0 aliphatic carbocycles. The van der Waals surface area contributed by atoms with E-state index in [0.717, 1.165) is 6.42 Å². The van der Waals surface area contributed by atoms with Crippen LogP contribution in [0.2, 0.25) is 0 Å². The number of nitrogens with one attached hydrogen (secondary N) is 1. The van der Waals surface area contributed by atoms with Gasteiger partial charge in [-0.05, 0) is 24.6 Å². The minimum absolute atomic E-state index is 0.140. The number of carbonyl (C=O) groups is 1. The maximum atomic E-state index is 12.8. The predicted molar refractivity (Wildman–Crippen MR) is 57.9 cm³/mol. The van der Waals surface area contributed by atoms with Gasteiger partial charge in [-0.2, -0.15) is 0 Å².